The molecular weight excluding hydrogens is 928 g/mol. The zero-order valence-corrected chi connectivity index (χ0v) is 46.3. The number of hydrogen-bond acceptors (Lipinski definition) is 10. The van der Waals surface area contributed by atoms with Crippen LogP contribution < -0.4 is 0 Å². The average molecular weight is 1030 g/mol. The lowest BCUT2D eigenvalue weighted by atomic mass is 10.1. The number of aliphatic hydroxyl groups is 1. The van der Waals surface area contributed by atoms with Gasteiger partial charge in [0.1, 0.15) is 12.7 Å². The van der Waals surface area contributed by atoms with Crippen LogP contribution in [0.25, 0.3) is 0 Å². The Morgan fingerprint density at radius 1 is 0.403 bits per heavy atom. The Labute approximate surface area is 438 Å². The molecule has 0 aromatic heterocycles. The molecule has 0 rings (SSSR count). The molecule has 0 saturated carbocycles. The first kappa shape index (κ1) is 68.4. The van der Waals surface area contributed by atoms with Gasteiger partial charge in [-0.2, -0.15) is 0 Å². The van der Waals surface area contributed by atoms with Crippen LogP contribution in [-0.4, -0.2) is 66.5 Å². The number of unbranched alkanes of at least 4 members (excludes halogenated alkanes) is 18. The first-order valence-corrected chi connectivity index (χ1v) is 29.6. The van der Waals surface area contributed by atoms with Gasteiger partial charge in [-0.05, 0) is 116 Å². The fraction of sp³-hybridized carbons (Fsp3) is 0.683. The fourth-order valence-corrected chi connectivity index (χ4v) is 8.02. The third-order valence-electron chi connectivity index (χ3n) is 11.5. The zero-order chi connectivity index (χ0) is 52.7. The van der Waals surface area contributed by atoms with E-state index in [4.69, 9.17) is 23.3 Å². The third-order valence-corrected chi connectivity index (χ3v) is 12.4. The van der Waals surface area contributed by atoms with E-state index in [1.54, 1.807) is 0 Å². The number of carbonyl (C=O) groups excluding carboxylic acids is 3. The monoisotopic (exact) mass is 1030 g/mol. The highest BCUT2D eigenvalue weighted by Crippen LogP contribution is 2.43. The van der Waals surface area contributed by atoms with Crippen molar-refractivity contribution in [2.45, 2.75) is 238 Å². The van der Waals surface area contributed by atoms with Crippen LogP contribution in [0.5, 0.6) is 0 Å². The number of phosphoric ester groups is 1. The molecule has 0 saturated heterocycles. The highest BCUT2D eigenvalue weighted by Gasteiger charge is 2.28. The largest absolute Gasteiger partial charge is 0.472 e. The van der Waals surface area contributed by atoms with Gasteiger partial charge in [0.25, 0.3) is 0 Å². The quantitative estimate of drug-likeness (QED) is 0.0197. The first-order chi connectivity index (χ1) is 35.2. The minimum absolute atomic E-state index is 0.137. The summed E-state index contributed by atoms with van der Waals surface area (Å²) in [6, 6.07) is 0. The standard InChI is InChI=1S/C60H101O11P/c1-4-7-10-13-16-19-22-25-26-27-28-29-30-33-36-39-42-45-48-51-60(64)71-57(53-67-58(62)49-46-43-40-37-34-31-23-20-17-14-11-8-5-2)55-69-72(65,66)68-54-56(52-61)70-59(63)50-47-44-41-38-35-32-24-21-18-15-12-9-6-3/h7,9-10,12,16,18-21,23,25-26,28-29,32,35,56-57,61H,4-6,8,11,13-15,17,22,24,27,30-31,33-34,36-55H2,1-3H3,(H,65,66)/b10-7-,12-9-,19-16-,21-18-,23-20-,26-25-,29-28-,35-32-. The predicted molar refractivity (Wildman–Crippen MR) is 297 cm³/mol. The van der Waals surface area contributed by atoms with E-state index in [-0.39, 0.29) is 25.9 Å². The number of rotatable bonds is 51. The van der Waals surface area contributed by atoms with Gasteiger partial charge in [-0.15, -0.1) is 0 Å². The molecule has 12 heteroatoms. The number of phosphoric acid groups is 1. The lowest BCUT2D eigenvalue weighted by Crippen LogP contribution is -2.30. The second-order valence-corrected chi connectivity index (χ2v) is 19.8. The number of aliphatic hydroxyl groups excluding tert-OH is 1. The number of hydrogen-bond donors (Lipinski definition) is 2. The molecule has 0 aliphatic carbocycles. The van der Waals surface area contributed by atoms with E-state index in [1.807, 2.05) is 0 Å². The maximum Gasteiger partial charge on any atom is 0.472 e. The smallest absolute Gasteiger partial charge is 0.462 e. The van der Waals surface area contributed by atoms with Crippen LogP contribution in [0.2, 0.25) is 0 Å². The maximum atomic E-state index is 12.9. The molecule has 0 aliphatic heterocycles. The van der Waals surface area contributed by atoms with E-state index in [1.165, 1.54) is 25.7 Å². The Hall–Kier alpha value is -3.60. The summed E-state index contributed by atoms with van der Waals surface area (Å²) >= 11 is 0. The summed E-state index contributed by atoms with van der Waals surface area (Å²) in [5, 5.41) is 9.79. The van der Waals surface area contributed by atoms with Gasteiger partial charge in [-0.1, -0.05) is 189 Å². The first-order valence-electron chi connectivity index (χ1n) is 28.1. The lowest BCUT2D eigenvalue weighted by Gasteiger charge is -2.21. The molecule has 0 aromatic carbocycles. The maximum absolute atomic E-state index is 12.9. The van der Waals surface area contributed by atoms with Gasteiger partial charge in [-0.25, -0.2) is 4.57 Å². The topological polar surface area (TPSA) is 155 Å². The summed E-state index contributed by atoms with van der Waals surface area (Å²) in [7, 11) is -4.76. The number of ether oxygens (including phenoxy) is 3. The van der Waals surface area contributed by atoms with Crippen molar-refractivity contribution in [1.29, 1.82) is 0 Å². The molecule has 0 aliphatic rings. The molecule has 3 atom stereocenters. The molecule has 412 valence electrons. The summed E-state index contributed by atoms with van der Waals surface area (Å²) in [6.45, 7) is 4.33. The van der Waals surface area contributed by atoms with Crippen molar-refractivity contribution >= 4 is 25.7 Å². The van der Waals surface area contributed by atoms with Gasteiger partial charge in [0.05, 0.1) is 19.8 Å². The van der Waals surface area contributed by atoms with Gasteiger partial charge >= 0.3 is 25.7 Å². The molecule has 11 nitrogen and oxygen atoms in total. The van der Waals surface area contributed by atoms with Crippen LogP contribution in [0.3, 0.4) is 0 Å². The van der Waals surface area contributed by atoms with Crippen LogP contribution in [-0.2, 0) is 42.2 Å². The van der Waals surface area contributed by atoms with Crippen LogP contribution in [0.4, 0.5) is 0 Å². The lowest BCUT2D eigenvalue weighted by molar-refractivity contribution is -0.161. The van der Waals surface area contributed by atoms with Gasteiger partial charge < -0.3 is 24.2 Å². The summed E-state index contributed by atoms with van der Waals surface area (Å²) < 4.78 is 39.4. The minimum Gasteiger partial charge on any atom is -0.462 e. The Morgan fingerprint density at radius 3 is 1.14 bits per heavy atom. The van der Waals surface area contributed by atoms with Crippen LogP contribution in [0.15, 0.2) is 97.2 Å². The third kappa shape index (κ3) is 51.3. The Bertz CT molecular complexity index is 1580. The molecule has 0 radical (unpaired) electrons. The van der Waals surface area contributed by atoms with Crippen LogP contribution in [0.1, 0.15) is 226 Å². The minimum atomic E-state index is -4.76. The summed E-state index contributed by atoms with van der Waals surface area (Å²) in [5.74, 6) is -1.53. The van der Waals surface area contributed by atoms with E-state index >= 15 is 0 Å². The van der Waals surface area contributed by atoms with Gasteiger partial charge in [0.15, 0.2) is 6.10 Å². The Balaban J connectivity index is 4.79. The SMILES string of the molecule is CC/C=C\C/C=C\C/C=C\C/C=C\CCCCCCCCC(=O)OC(COC(=O)CCCCCCC/C=C\CCCCCC)COP(=O)(O)OCC(CO)OC(=O)CCCCC/C=C\C/C=C\C/C=C\CC. The highest BCUT2D eigenvalue weighted by atomic mass is 31.2. The van der Waals surface area contributed by atoms with Crippen molar-refractivity contribution in [2.75, 3.05) is 26.4 Å². The van der Waals surface area contributed by atoms with E-state index in [0.717, 1.165) is 141 Å². The summed E-state index contributed by atoms with van der Waals surface area (Å²) in [4.78, 5) is 48.5. The predicted octanol–water partition coefficient (Wildman–Crippen LogP) is 16.5. The molecular formula is C60H101O11P. The van der Waals surface area contributed by atoms with E-state index in [0.29, 0.717) is 19.3 Å². The summed E-state index contributed by atoms with van der Waals surface area (Å²) in [6.07, 6.45) is 62.3. The molecule has 3 unspecified atom stereocenters. The fourth-order valence-electron chi connectivity index (χ4n) is 7.24. The van der Waals surface area contributed by atoms with Gasteiger partial charge in [-0.3, -0.25) is 23.4 Å². The molecule has 0 bridgehead atoms. The molecule has 0 amide bonds. The van der Waals surface area contributed by atoms with Crippen LogP contribution >= 0.6 is 7.82 Å². The van der Waals surface area contributed by atoms with Crippen molar-refractivity contribution in [3.8, 4) is 0 Å². The van der Waals surface area contributed by atoms with Crippen molar-refractivity contribution in [3.05, 3.63) is 97.2 Å². The number of allylic oxidation sites excluding steroid dienone is 16. The van der Waals surface area contributed by atoms with E-state index < -0.39 is 57.8 Å². The van der Waals surface area contributed by atoms with Gasteiger partial charge in [0, 0.05) is 19.3 Å². The summed E-state index contributed by atoms with van der Waals surface area (Å²) in [5.41, 5.74) is 0. The molecule has 2 N–H and O–H groups in total. The normalized spacial score (nSPS) is 14.1. The van der Waals surface area contributed by atoms with E-state index in [2.05, 4.69) is 118 Å². The van der Waals surface area contributed by atoms with Crippen molar-refractivity contribution in [2.24, 2.45) is 0 Å². The molecule has 0 heterocycles. The Kier molecular flexibility index (Phi) is 51.0. The molecule has 0 fully saturated rings. The molecule has 0 spiro atoms. The zero-order valence-electron chi connectivity index (χ0n) is 45.4. The average Bonchev–Trinajstić information content (AvgIpc) is 3.37. The second-order valence-electron chi connectivity index (χ2n) is 18.3. The van der Waals surface area contributed by atoms with Crippen LogP contribution in [0, 0.1) is 0 Å². The Morgan fingerprint density at radius 2 is 0.722 bits per heavy atom. The highest BCUT2D eigenvalue weighted by molar-refractivity contribution is 7.47. The van der Waals surface area contributed by atoms with Crippen molar-refractivity contribution in [1.82, 2.24) is 0 Å². The van der Waals surface area contributed by atoms with Gasteiger partial charge in [0.2, 0.25) is 0 Å². The van der Waals surface area contributed by atoms with E-state index in [9.17, 15) is 28.9 Å². The molecule has 0 aromatic rings. The van der Waals surface area contributed by atoms with Crippen molar-refractivity contribution < 1.29 is 52.2 Å². The second kappa shape index (κ2) is 53.7. The van der Waals surface area contributed by atoms with Crippen molar-refractivity contribution in [3.63, 3.8) is 0 Å². The number of carbonyl (C=O) groups is 3. The molecule has 72 heavy (non-hydrogen) atoms. The number of esters is 3.